The minimum atomic E-state index is -2.60. The molecule has 2 aromatic rings. The van der Waals surface area contributed by atoms with Gasteiger partial charge >= 0.3 is 0 Å². The van der Waals surface area contributed by atoms with Crippen LogP contribution >= 0.6 is 11.6 Å². The number of aryl methyl sites for hydroxylation is 1. The van der Waals surface area contributed by atoms with Gasteiger partial charge in [-0.1, -0.05) is 11.6 Å². The Bertz CT molecular complexity index is 750. The SMILES string of the molecule is Cc1nc2cnc(C3CCC(F)(F)CC3)c(Cl)c2c(=O)[nH]1. The highest BCUT2D eigenvalue weighted by Gasteiger charge is 2.36. The van der Waals surface area contributed by atoms with Crippen LogP contribution in [0.4, 0.5) is 8.78 Å². The third-order valence-corrected chi connectivity index (χ3v) is 4.32. The van der Waals surface area contributed by atoms with Gasteiger partial charge in [-0.25, -0.2) is 13.8 Å². The monoisotopic (exact) mass is 313 g/mol. The van der Waals surface area contributed by atoms with E-state index in [1.54, 1.807) is 6.92 Å². The van der Waals surface area contributed by atoms with Crippen LogP contribution in [-0.2, 0) is 0 Å². The first-order chi connectivity index (χ1) is 9.87. The molecular weight excluding hydrogens is 300 g/mol. The maximum Gasteiger partial charge on any atom is 0.260 e. The molecule has 2 aromatic heterocycles. The van der Waals surface area contributed by atoms with Crippen LogP contribution in [0, 0.1) is 6.92 Å². The number of alkyl halides is 2. The highest BCUT2D eigenvalue weighted by molar-refractivity contribution is 6.35. The maximum atomic E-state index is 13.2. The zero-order valence-electron chi connectivity index (χ0n) is 11.4. The van der Waals surface area contributed by atoms with Gasteiger partial charge in [0.05, 0.1) is 27.8 Å². The van der Waals surface area contributed by atoms with Crippen molar-refractivity contribution in [3.63, 3.8) is 0 Å². The second-order valence-electron chi connectivity index (χ2n) is 5.50. The predicted molar refractivity (Wildman–Crippen MR) is 76.1 cm³/mol. The fourth-order valence-corrected chi connectivity index (χ4v) is 3.21. The van der Waals surface area contributed by atoms with E-state index in [1.165, 1.54) is 6.20 Å². The maximum absolute atomic E-state index is 13.2. The predicted octanol–water partition coefficient (Wildman–Crippen LogP) is 3.57. The van der Waals surface area contributed by atoms with Crippen LogP contribution in [0.25, 0.3) is 10.9 Å². The van der Waals surface area contributed by atoms with Crippen molar-refractivity contribution in [3.8, 4) is 0 Å². The summed E-state index contributed by atoms with van der Waals surface area (Å²) in [7, 11) is 0. The second kappa shape index (κ2) is 5.02. The zero-order chi connectivity index (χ0) is 15.2. The van der Waals surface area contributed by atoms with Crippen molar-refractivity contribution in [1.82, 2.24) is 15.0 Å². The molecule has 3 rings (SSSR count). The van der Waals surface area contributed by atoms with Crippen LogP contribution in [0.15, 0.2) is 11.0 Å². The summed E-state index contributed by atoms with van der Waals surface area (Å²) in [5.74, 6) is -2.26. The molecule has 1 aliphatic rings. The average molecular weight is 314 g/mol. The zero-order valence-corrected chi connectivity index (χ0v) is 12.2. The van der Waals surface area contributed by atoms with Gasteiger partial charge in [0, 0.05) is 18.8 Å². The van der Waals surface area contributed by atoms with Crippen LogP contribution in [0.3, 0.4) is 0 Å². The van der Waals surface area contributed by atoms with Crippen LogP contribution in [0.2, 0.25) is 5.02 Å². The van der Waals surface area contributed by atoms with Gasteiger partial charge in [0.25, 0.3) is 5.56 Å². The van der Waals surface area contributed by atoms with Crippen molar-refractivity contribution in [2.24, 2.45) is 0 Å². The summed E-state index contributed by atoms with van der Waals surface area (Å²) in [6.45, 7) is 1.67. The Morgan fingerprint density at radius 2 is 2.05 bits per heavy atom. The standard InChI is InChI=1S/C14H14ClF2N3O/c1-7-19-9-6-18-12(11(15)10(9)13(21)20-7)8-2-4-14(16,17)5-3-8/h6,8H,2-5H2,1H3,(H,19,20,21). The third-order valence-electron chi connectivity index (χ3n) is 3.94. The van der Waals surface area contributed by atoms with E-state index in [0.717, 1.165) is 0 Å². The molecule has 1 fully saturated rings. The molecule has 4 nitrogen and oxygen atoms in total. The summed E-state index contributed by atoms with van der Waals surface area (Å²) in [5, 5.41) is 0.515. The number of aromatic nitrogens is 3. The topological polar surface area (TPSA) is 58.6 Å². The first kappa shape index (κ1) is 14.4. The van der Waals surface area contributed by atoms with Gasteiger partial charge in [0.15, 0.2) is 0 Å². The van der Waals surface area contributed by atoms with E-state index < -0.39 is 5.92 Å². The Morgan fingerprint density at radius 1 is 1.38 bits per heavy atom. The molecule has 0 unspecified atom stereocenters. The number of pyridine rings is 1. The smallest absolute Gasteiger partial charge is 0.260 e. The molecule has 0 spiro atoms. The average Bonchev–Trinajstić information content (AvgIpc) is 2.39. The van der Waals surface area contributed by atoms with E-state index in [2.05, 4.69) is 15.0 Å². The molecule has 0 amide bonds. The number of nitrogens with one attached hydrogen (secondary N) is 1. The van der Waals surface area contributed by atoms with Crippen LogP contribution < -0.4 is 5.56 Å². The van der Waals surface area contributed by atoms with Crippen molar-refractivity contribution in [3.05, 3.63) is 33.1 Å². The molecule has 112 valence electrons. The fourth-order valence-electron chi connectivity index (χ4n) is 2.83. The number of hydrogen-bond donors (Lipinski definition) is 1. The largest absolute Gasteiger partial charge is 0.310 e. The highest BCUT2D eigenvalue weighted by atomic mass is 35.5. The van der Waals surface area contributed by atoms with Crippen LogP contribution in [0.5, 0.6) is 0 Å². The van der Waals surface area contributed by atoms with E-state index in [-0.39, 0.29) is 34.7 Å². The molecule has 0 aromatic carbocycles. The number of aromatic amines is 1. The van der Waals surface area contributed by atoms with E-state index in [1.807, 2.05) is 0 Å². The van der Waals surface area contributed by atoms with Gasteiger partial charge in [-0.15, -0.1) is 0 Å². The van der Waals surface area contributed by atoms with Gasteiger partial charge in [0.1, 0.15) is 5.82 Å². The summed E-state index contributed by atoms with van der Waals surface area (Å²) >= 11 is 6.29. The minimum Gasteiger partial charge on any atom is -0.310 e. The Balaban J connectivity index is 2.05. The van der Waals surface area contributed by atoms with E-state index in [0.29, 0.717) is 29.9 Å². The second-order valence-corrected chi connectivity index (χ2v) is 5.88. The van der Waals surface area contributed by atoms with E-state index in [9.17, 15) is 13.6 Å². The molecule has 0 saturated heterocycles. The Morgan fingerprint density at radius 3 is 2.71 bits per heavy atom. The molecule has 0 radical (unpaired) electrons. The molecule has 0 atom stereocenters. The molecule has 1 N–H and O–H groups in total. The third kappa shape index (κ3) is 2.64. The van der Waals surface area contributed by atoms with Crippen molar-refractivity contribution in [2.45, 2.75) is 44.4 Å². The van der Waals surface area contributed by atoms with Gasteiger partial charge in [0.2, 0.25) is 5.92 Å². The van der Waals surface area contributed by atoms with Crippen molar-refractivity contribution >= 4 is 22.5 Å². The summed E-state index contributed by atoms with van der Waals surface area (Å²) in [6, 6.07) is 0. The van der Waals surface area contributed by atoms with Crippen LogP contribution in [0.1, 0.15) is 43.1 Å². The number of hydrogen-bond acceptors (Lipinski definition) is 3. The highest BCUT2D eigenvalue weighted by Crippen LogP contribution is 2.42. The Hall–Kier alpha value is -1.56. The van der Waals surface area contributed by atoms with Crippen LogP contribution in [-0.4, -0.2) is 20.9 Å². The lowest BCUT2D eigenvalue weighted by molar-refractivity contribution is -0.0384. The van der Waals surface area contributed by atoms with E-state index in [4.69, 9.17) is 11.6 Å². The summed E-state index contributed by atoms with van der Waals surface area (Å²) in [4.78, 5) is 23.1. The molecule has 0 bridgehead atoms. The Kier molecular flexibility index (Phi) is 3.43. The van der Waals surface area contributed by atoms with E-state index >= 15 is 0 Å². The quantitative estimate of drug-likeness (QED) is 0.875. The molecule has 21 heavy (non-hydrogen) atoms. The number of halogens is 3. The Labute approximate surface area is 124 Å². The lowest BCUT2D eigenvalue weighted by Gasteiger charge is -2.28. The van der Waals surface area contributed by atoms with Crippen molar-refractivity contribution < 1.29 is 8.78 Å². The minimum absolute atomic E-state index is 0.137. The molecular formula is C14H14ClF2N3O. The molecule has 1 saturated carbocycles. The number of H-pyrrole nitrogens is 1. The normalized spacial score (nSPS) is 19.0. The fraction of sp³-hybridized carbons (Fsp3) is 0.500. The number of nitrogens with zero attached hydrogens (tertiary/aromatic N) is 2. The summed E-state index contributed by atoms with van der Waals surface area (Å²) in [5.41, 5.74) is 0.620. The summed E-state index contributed by atoms with van der Waals surface area (Å²) in [6.07, 6.45) is 1.79. The van der Waals surface area contributed by atoms with Gasteiger partial charge in [-0.3, -0.25) is 9.78 Å². The lowest BCUT2D eigenvalue weighted by Crippen LogP contribution is -2.24. The number of fused-ring (bicyclic) bond motifs is 1. The first-order valence-corrected chi connectivity index (χ1v) is 7.18. The molecule has 1 aliphatic carbocycles. The molecule has 7 heteroatoms. The van der Waals surface area contributed by atoms with Crippen molar-refractivity contribution in [2.75, 3.05) is 0 Å². The van der Waals surface area contributed by atoms with Crippen molar-refractivity contribution in [1.29, 1.82) is 0 Å². The van der Waals surface area contributed by atoms with Gasteiger partial charge in [-0.05, 0) is 19.8 Å². The van der Waals surface area contributed by atoms with Gasteiger partial charge in [-0.2, -0.15) is 0 Å². The summed E-state index contributed by atoms with van der Waals surface area (Å²) < 4.78 is 26.5. The van der Waals surface area contributed by atoms with Gasteiger partial charge < -0.3 is 4.98 Å². The molecule has 2 heterocycles. The first-order valence-electron chi connectivity index (χ1n) is 6.80. The molecule has 0 aliphatic heterocycles. The number of rotatable bonds is 1. The lowest BCUT2D eigenvalue weighted by atomic mass is 9.84.